The molecule has 0 aliphatic carbocycles. The van der Waals surface area contributed by atoms with Gasteiger partial charge in [-0.15, -0.1) is 0 Å². The van der Waals surface area contributed by atoms with Gasteiger partial charge in [0.25, 0.3) is 11.8 Å². The number of aromatic nitrogens is 1. The van der Waals surface area contributed by atoms with E-state index in [2.05, 4.69) is 22.5 Å². The second kappa shape index (κ2) is 8.97. The van der Waals surface area contributed by atoms with Crippen LogP contribution < -0.4 is 10.6 Å². The summed E-state index contributed by atoms with van der Waals surface area (Å²) in [6.45, 7) is 6.66. The Morgan fingerprint density at radius 2 is 1.72 bits per heavy atom. The van der Waals surface area contributed by atoms with Crippen molar-refractivity contribution in [3.63, 3.8) is 0 Å². The summed E-state index contributed by atoms with van der Waals surface area (Å²) >= 11 is 0. The molecule has 0 radical (unpaired) electrons. The highest BCUT2D eigenvalue weighted by molar-refractivity contribution is 6.06. The van der Waals surface area contributed by atoms with Gasteiger partial charge in [0.15, 0.2) is 0 Å². The van der Waals surface area contributed by atoms with Crippen molar-refractivity contribution in [3.05, 3.63) is 58.9 Å². The number of aryl methyl sites for hydroxylation is 2. The lowest BCUT2D eigenvalue weighted by Gasteiger charge is -2.10. The van der Waals surface area contributed by atoms with Crippen LogP contribution in [-0.4, -0.2) is 23.3 Å². The number of carbonyl (C=O) groups is 2. The van der Waals surface area contributed by atoms with Crippen LogP contribution in [0, 0.1) is 13.8 Å². The van der Waals surface area contributed by atoms with Crippen molar-refractivity contribution in [1.29, 1.82) is 0 Å². The number of pyridine rings is 1. The minimum atomic E-state index is -0.276. The fourth-order valence-corrected chi connectivity index (χ4v) is 2.43. The van der Waals surface area contributed by atoms with E-state index >= 15 is 0 Å². The minimum Gasteiger partial charge on any atom is -0.352 e. The first-order valence-electron chi connectivity index (χ1n) is 8.63. The van der Waals surface area contributed by atoms with Crippen molar-refractivity contribution < 1.29 is 9.59 Å². The molecule has 1 heterocycles. The van der Waals surface area contributed by atoms with Gasteiger partial charge in [-0.1, -0.05) is 31.9 Å². The van der Waals surface area contributed by atoms with Gasteiger partial charge in [-0.2, -0.15) is 0 Å². The maximum Gasteiger partial charge on any atom is 0.257 e. The van der Waals surface area contributed by atoms with Crippen LogP contribution in [0.1, 0.15) is 58.0 Å². The second-order valence-electron chi connectivity index (χ2n) is 6.20. The Hall–Kier alpha value is -2.69. The Balaban J connectivity index is 2.05. The first-order valence-corrected chi connectivity index (χ1v) is 8.63. The number of benzene rings is 1. The lowest BCUT2D eigenvalue weighted by Crippen LogP contribution is -2.25. The van der Waals surface area contributed by atoms with E-state index in [0.717, 1.165) is 36.1 Å². The SMILES string of the molecule is CCCCCNC(=O)c1cncc(C(=O)Nc2cc(C)ccc2C)c1. The van der Waals surface area contributed by atoms with E-state index < -0.39 is 0 Å². The molecule has 0 saturated carbocycles. The molecule has 2 amide bonds. The molecule has 1 aromatic heterocycles. The Labute approximate surface area is 148 Å². The Kier molecular flexibility index (Phi) is 6.69. The number of hydrogen-bond acceptors (Lipinski definition) is 3. The number of amides is 2. The van der Waals surface area contributed by atoms with E-state index in [-0.39, 0.29) is 11.8 Å². The largest absolute Gasteiger partial charge is 0.352 e. The van der Waals surface area contributed by atoms with Crippen LogP contribution >= 0.6 is 0 Å². The molecule has 5 nitrogen and oxygen atoms in total. The fourth-order valence-electron chi connectivity index (χ4n) is 2.43. The van der Waals surface area contributed by atoms with E-state index in [9.17, 15) is 9.59 Å². The molecule has 0 atom stereocenters. The van der Waals surface area contributed by atoms with Gasteiger partial charge in [-0.25, -0.2) is 0 Å². The number of rotatable bonds is 7. The third-order valence-corrected chi connectivity index (χ3v) is 3.97. The van der Waals surface area contributed by atoms with E-state index in [1.165, 1.54) is 12.4 Å². The van der Waals surface area contributed by atoms with Gasteiger partial charge in [0, 0.05) is 24.6 Å². The topological polar surface area (TPSA) is 71.1 Å². The quantitative estimate of drug-likeness (QED) is 0.752. The molecule has 25 heavy (non-hydrogen) atoms. The number of anilines is 1. The Morgan fingerprint density at radius 1 is 1.00 bits per heavy atom. The molecule has 0 unspecified atom stereocenters. The summed E-state index contributed by atoms with van der Waals surface area (Å²) in [6, 6.07) is 7.45. The highest BCUT2D eigenvalue weighted by Gasteiger charge is 2.12. The third kappa shape index (κ3) is 5.41. The number of nitrogens with one attached hydrogen (secondary N) is 2. The maximum absolute atomic E-state index is 12.5. The molecule has 2 N–H and O–H groups in total. The zero-order valence-corrected chi connectivity index (χ0v) is 15.1. The fraction of sp³-hybridized carbons (Fsp3) is 0.350. The molecule has 132 valence electrons. The van der Waals surface area contributed by atoms with Crippen molar-refractivity contribution in [2.75, 3.05) is 11.9 Å². The normalized spacial score (nSPS) is 10.4. The van der Waals surface area contributed by atoms with Crippen LogP contribution in [0.2, 0.25) is 0 Å². The number of nitrogens with zero attached hydrogens (tertiary/aromatic N) is 1. The molecule has 0 aliphatic heterocycles. The third-order valence-electron chi connectivity index (χ3n) is 3.97. The van der Waals surface area contributed by atoms with Crippen molar-refractivity contribution in [2.45, 2.75) is 40.0 Å². The van der Waals surface area contributed by atoms with Gasteiger partial charge >= 0.3 is 0 Å². The zero-order chi connectivity index (χ0) is 18.2. The maximum atomic E-state index is 12.5. The molecule has 1 aromatic carbocycles. The Morgan fingerprint density at radius 3 is 2.44 bits per heavy atom. The number of carbonyl (C=O) groups excluding carboxylic acids is 2. The summed E-state index contributed by atoms with van der Waals surface area (Å²) in [4.78, 5) is 28.7. The smallest absolute Gasteiger partial charge is 0.257 e. The predicted molar refractivity (Wildman–Crippen MR) is 100.0 cm³/mol. The lowest BCUT2D eigenvalue weighted by molar-refractivity contribution is 0.0952. The molecule has 0 bridgehead atoms. The van der Waals surface area contributed by atoms with E-state index in [1.54, 1.807) is 6.07 Å². The molecule has 2 aromatic rings. The van der Waals surface area contributed by atoms with Crippen LogP contribution in [-0.2, 0) is 0 Å². The van der Waals surface area contributed by atoms with Gasteiger partial charge in [-0.3, -0.25) is 14.6 Å². The van der Waals surface area contributed by atoms with Crippen molar-refractivity contribution in [3.8, 4) is 0 Å². The van der Waals surface area contributed by atoms with E-state index in [4.69, 9.17) is 0 Å². The predicted octanol–water partition coefficient (Wildman–Crippen LogP) is 3.87. The van der Waals surface area contributed by atoms with Crippen molar-refractivity contribution in [1.82, 2.24) is 10.3 Å². The monoisotopic (exact) mass is 339 g/mol. The first-order chi connectivity index (χ1) is 12.0. The number of unbranched alkanes of at least 4 members (excludes halogenated alkanes) is 2. The molecule has 0 fully saturated rings. The zero-order valence-electron chi connectivity index (χ0n) is 15.1. The molecule has 2 rings (SSSR count). The minimum absolute atomic E-state index is 0.204. The van der Waals surface area contributed by atoms with E-state index in [0.29, 0.717) is 17.7 Å². The van der Waals surface area contributed by atoms with Gasteiger partial charge in [0.2, 0.25) is 0 Å². The summed E-state index contributed by atoms with van der Waals surface area (Å²) in [5.74, 6) is -0.480. The highest BCUT2D eigenvalue weighted by Crippen LogP contribution is 2.17. The lowest BCUT2D eigenvalue weighted by atomic mass is 10.1. The highest BCUT2D eigenvalue weighted by atomic mass is 16.2. The standard InChI is InChI=1S/C20H25N3O2/c1-4-5-6-9-22-19(24)16-11-17(13-21-12-16)20(25)23-18-10-14(2)7-8-15(18)3/h7-8,10-13H,4-6,9H2,1-3H3,(H,22,24)(H,23,25). The molecule has 5 heteroatoms. The van der Waals surface area contributed by atoms with Gasteiger partial charge < -0.3 is 10.6 Å². The van der Waals surface area contributed by atoms with Crippen LogP contribution in [0.5, 0.6) is 0 Å². The summed E-state index contributed by atoms with van der Waals surface area (Å²) in [7, 11) is 0. The summed E-state index contributed by atoms with van der Waals surface area (Å²) in [5.41, 5.74) is 3.57. The molecule has 0 spiro atoms. The second-order valence-corrected chi connectivity index (χ2v) is 6.20. The summed E-state index contributed by atoms with van der Waals surface area (Å²) < 4.78 is 0. The average molecular weight is 339 g/mol. The summed E-state index contributed by atoms with van der Waals surface area (Å²) in [5, 5.41) is 5.74. The van der Waals surface area contributed by atoms with Gasteiger partial charge in [-0.05, 0) is 43.5 Å². The van der Waals surface area contributed by atoms with Crippen LogP contribution in [0.3, 0.4) is 0 Å². The van der Waals surface area contributed by atoms with Gasteiger partial charge in [0.1, 0.15) is 0 Å². The van der Waals surface area contributed by atoms with E-state index in [1.807, 2.05) is 32.0 Å². The van der Waals surface area contributed by atoms with Crippen LogP contribution in [0.15, 0.2) is 36.7 Å². The Bertz CT molecular complexity index is 756. The first kappa shape index (κ1) is 18.6. The van der Waals surface area contributed by atoms with Crippen LogP contribution in [0.4, 0.5) is 5.69 Å². The van der Waals surface area contributed by atoms with Crippen molar-refractivity contribution in [2.24, 2.45) is 0 Å². The van der Waals surface area contributed by atoms with Crippen LogP contribution in [0.25, 0.3) is 0 Å². The molecule has 0 aliphatic rings. The summed E-state index contributed by atoms with van der Waals surface area (Å²) in [6.07, 6.45) is 6.07. The molecular formula is C20H25N3O2. The molecule has 0 saturated heterocycles. The van der Waals surface area contributed by atoms with Gasteiger partial charge in [0.05, 0.1) is 11.1 Å². The number of hydrogen-bond donors (Lipinski definition) is 2. The molecular weight excluding hydrogens is 314 g/mol. The average Bonchev–Trinajstić information content (AvgIpc) is 2.61. The van der Waals surface area contributed by atoms with Crippen molar-refractivity contribution >= 4 is 17.5 Å².